The van der Waals surface area contributed by atoms with Crippen molar-refractivity contribution >= 4 is 46.1 Å². The fourth-order valence-electron chi connectivity index (χ4n) is 6.86. The second kappa shape index (κ2) is 14.9. The van der Waals surface area contributed by atoms with Crippen LogP contribution < -0.4 is 10.4 Å². The molecule has 0 spiro atoms. The van der Waals surface area contributed by atoms with E-state index in [4.69, 9.17) is 9.53 Å². The van der Waals surface area contributed by atoms with Gasteiger partial charge >= 0.3 is 5.97 Å². The minimum absolute atomic E-state index is 0.00963. The summed E-state index contributed by atoms with van der Waals surface area (Å²) in [5.74, 6) is -0.747. The molecule has 1 aliphatic carbocycles. The van der Waals surface area contributed by atoms with Gasteiger partial charge in [0, 0.05) is 21.9 Å². The first-order valence-electron chi connectivity index (χ1n) is 16.3. The Bertz CT molecular complexity index is 1600. The van der Waals surface area contributed by atoms with Crippen LogP contribution in [0.15, 0.2) is 127 Å². The van der Waals surface area contributed by atoms with Crippen LogP contribution in [0.25, 0.3) is 10.1 Å². The maximum Gasteiger partial charge on any atom is 0.303 e. The Morgan fingerprint density at radius 1 is 1.00 bits per heavy atom. The van der Waals surface area contributed by atoms with Crippen molar-refractivity contribution in [2.45, 2.75) is 70.1 Å². The monoisotopic (exact) mass is 650 g/mol. The molecule has 0 aliphatic heterocycles. The summed E-state index contributed by atoms with van der Waals surface area (Å²) in [5, 5.41) is 23.5. The molecule has 1 saturated carbocycles. The zero-order valence-electron chi connectivity index (χ0n) is 27.1. The molecule has 4 atom stereocenters. The highest BCUT2D eigenvalue weighted by Gasteiger charge is 2.51. The van der Waals surface area contributed by atoms with Gasteiger partial charge in [-0.1, -0.05) is 136 Å². The molecule has 2 N–H and O–H groups in total. The fraction of sp³-hybridized carbons (Fsp3) is 0.325. The van der Waals surface area contributed by atoms with Crippen LogP contribution in [0.2, 0.25) is 5.04 Å². The molecule has 4 nitrogen and oxygen atoms in total. The normalized spacial score (nSPS) is 19.8. The van der Waals surface area contributed by atoms with Crippen LogP contribution >= 0.6 is 11.3 Å². The molecular weight excluding hydrogens is 605 g/mol. The summed E-state index contributed by atoms with van der Waals surface area (Å²) in [5.41, 5.74) is 1.04. The number of carbonyl (C=O) groups is 1. The second-order valence-electron chi connectivity index (χ2n) is 13.4. The number of rotatable bonds is 13. The number of benzene rings is 3. The number of aliphatic hydroxyl groups excluding tert-OH is 1. The first kappa shape index (κ1) is 33.8. The number of carboxylic acid groups (broad SMARTS) is 1. The lowest BCUT2D eigenvalue weighted by Gasteiger charge is -2.44. The van der Waals surface area contributed by atoms with E-state index in [9.17, 15) is 9.90 Å². The third-order valence-electron chi connectivity index (χ3n) is 9.17. The molecule has 1 aliphatic rings. The molecule has 4 aromatic rings. The first-order chi connectivity index (χ1) is 22.1. The van der Waals surface area contributed by atoms with Gasteiger partial charge in [0.1, 0.15) is 0 Å². The number of unbranched alkanes of at least 4 members (excludes halogenated alkanes) is 1. The third-order valence-corrected chi connectivity index (χ3v) is 15.4. The predicted octanol–water partition coefficient (Wildman–Crippen LogP) is 8.83. The highest BCUT2D eigenvalue weighted by molar-refractivity contribution is 7.19. The molecular formula is C40H46O4SSi. The predicted molar refractivity (Wildman–Crippen MR) is 194 cm³/mol. The van der Waals surface area contributed by atoms with Crippen molar-refractivity contribution in [2.75, 3.05) is 0 Å². The number of hydrogen-bond donors (Lipinski definition) is 2. The first-order valence-corrected chi connectivity index (χ1v) is 19.0. The van der Waals surface area contributed by atoms with Gasteiger partial charge in [-0.2, -0.15) is 0 Å². The molecule has 1 heterocycles. The zero-order valence-corrected chi connectivity index (χ0v) is 29.0. The van der Waals surface area contributed by atoms with Crippen LogP contribution in [-0.2, 0) is 9.22 Å². The van der Waals surface area contributed by atoms with Gasteiger partial charge in [0.25, 0.3) is 8.32 Å². The Morgan fingerprint density at radius 2 is 1.63 bits per heavy atom. The van der Waals surface area contributed by atoms with Gasteiger partial charge in [-0.3, -0.25) is 4.79 Å². The van der Waals surface area contributed by atoms with E-state index in [1.807, 2.05) is 6.08 Å². The van der Waals surface area contributed by atoms with Crippen LogP contribution in [0.4, 0.5) is 0 Å². The van der Waals surface area contributed by atoms with Crippen molar-refractivity contribution in [2.24, 2.45) is 11.8 Å². The highest BCUT2D eigenvalue weighted by atomic mass is 32.1. The molecule has 6 heteroatoms. The maximum absolute atomic E-state index is 11.0. The van der Waals surface area contributed by atoms with E-state index in [2.05, 4.69) is 137 Å². The summed E-state index contributed by atoms with van der Waals surface area (Å²) in [6.45, 7) is 11.3. The lowest BCUT2D eigenvalue weighted by molar-refractivity contribution is -0.137. The molecule has 0 unspecified atom stereocenters. The van der Waals surface area contributed by atoms with E-state index in [1.165, 1.54) is 20.5 Å². The Kier molecular flexibility index (Phi) is 11.0. The standard InChI is InChI=1S/C40H46O4SSi/c1-29-27-35(41)34(22-13-5-6-14-24-39(42)43)33(29)25-26-36(38-28-30-17-15-16-23-37(30)45-38)44-46(40(2,3)4,31-18-9-7-10-19-31)32-20-11-8-12-21-32/h5,7-13,15-21,23,25-26,28,33-36,41H,1,6,14,22,24,27H2,2-4H3,(H,42,43)/b13-5-,26-25+/t33-,34+,35-,36+/m0/s1. The molecule has 240 valence electrons. The van der Waals surface area contributed by atoms with E-state index in [0.717, 1.165) is 16.9 Å². The van der Waals surface area contributed by atoms with Gasteiger partial charge in [0.05, 0.1) is 12.2 Å². The molecule has 46 heavy (non-hydrogen) atoms. The van der Waals surface area contributed by atoms with Crippen molar-refractivity contribution in [1.82, 2.24) is 0 Å². The molecule has 0 bridgehead atoms. The van der Waals surface area contributed by atoms with Crippen molar-refractivity contribution in [1.29, 1.82) is 0 Å². The smallest absolute Gasteiger partial charge is 0.303 e. The number of allylic oxidation sites excluding steroid dienone is 3. The molecule has 1 fully saturated rings. The maximum atomic E-state index is 11.0. The van der Waals surface area contributed by atoms with Gasteiger partial charge < -0.3 is 14.6 Å². The molecule has 0 saturated heterocycles. The minimum Gasteiger partial charge on any atom is -0.481 e. The third kappa shape index (κ3) is 7.53. The van der Waals surface area contributed by atoms with Crippen LogP contribution in [0.3, 0.4) is 0 Å². The lowest BCUT2D eigenvalue weighted by Crippen LogP contribution is -2.66. The Balaban J connectivity index is 1.54. The quantitative estimate of drug-likeness (QED) is 0.0862. The van der Waals surface area contributed by atoms with Gasteiger partial charge in [-0.15, -0.1) is 11.3 Å². The van der Waals surface area contributed by atoms with E-state index in [1.54, 1.807) is 11.3 Å². The minimum atomic E-state index is -2.88. The largest absolute Gasteiger partial charge is 0.481 e. The van der Waals surface area contributed by atoms with Crippen LogP contribution in [0.1, 0.15) is 63.9 Å². The topological polar surface area (TPSA) is 66.8 Å². The number of thiophene rings is 1. The number of aliphatic hydroxyl groups is 1. The highest BCUT2D eigenvalue weighted by Crippen LogP contribution is 2.44. The van der Waals surface area contributed by atoms with Gasteiger partial charge in [-0.05, 0) is 64.5 Å². The van der Waals surface area contributed by atoms with Crippen LogP contribution in [0.5, 0.6) is 0 Å². The summed E-state index contributed by atoms with van der Waals surface area (Å²) in [4.78, 5) is 12.0. The van der Waals surface area contributed by atoms with E-state index >= 15 is 0 Å². The zero-order chi connectivity index (χ0) is 32.7. The summed E-state index contributed by atoms with van der Waals surface area (Å²) in [6, 6.07) is 32.3. The number of hydrogen-bond acceptors (Lipinski definition) is 4. The van der Waals surface area contributed by atoms with E-state index in [0.29, 0.717) is 19.3 Å². The molecule has 0 amide bonds. The van der Waals surface area contributed by atoms with E-state index in [-0.39, 0.29) is 29.4 Å². The second-order valence-corrected chi connectivity index (χ2v) is 18.8. The van der Waals surface area contributed by atoms with E-state index < -0.39 is 20.4 Å². The van der Waals surface area contributed by atoms with Crippen LogP contribution in [0, 0.1) is 11.8 Å². The summed E-state index contributed by atoms with van der Waals surface area (Å²) in [6.07, 6.45) is 10.6. The van der Waals surface area contributed by atoms with Gasteiger partial charge in [0.15, 0.2) is 0 Å². The fourth-order valence-corrected chi connectivity index (χ4v) is 12.6. The summed E-state index contributed by atoms with van der Waals surface area (Å²) < 4.78 is 8.93. The van der Waals surface area contributed by atoms with Gasteiger partial charge in [-0.25, -0.2) is 0 Å². The average Bonchev–Trinajstić information content (AvgIpc) is 3.58. The van der Waals surface area contributed by atoms with Crippen LogP contribution in [-0.4, -0.2) is 30.6 Å². The Labute approximate surface area is 278 Å². The molecule has 1 aromatic heterocycles. The Morgan fingerprint density at radius 3 is 2.24 bits per heavy atom. The lowest BCUT2D eigenvalue weighted by atomic mass is 9.89. The average molecular weight is 651 g/mol. The van der Waals surface area contributed by atoms with Crippen molar-refractivity contribution in [3.63, 3.8) is 0 Å². The molecule has 3 aromatic carbocycles. The molecule has 5 rings (SSSR count). The van der Waals surface area contributed by atoms with Crippen molar-refractivity contribution in [3.8, 4) is 0 Å². The Hall–Kier alpha value is -3.55. The van der Waals surface area contributed by atoms with Crippen molar-refractivity contribution in [3.05, 3.63) is 132 Å². The number of carboxylic acids is 1. The molecule has 0 radical (unpaired) electrons. The summed E-state index contributed by atoms with van der Waals surface area (Å²) >= 11 is 1.78. The van der Waals surface area contributed by atoms with Crippen molar-refractivity contribution < 1.29 is 19.4 Å². The number of fused-ring (bicyclic) bond motifs is 1. The van der Waals surface area contributed by atoms with Gasteiger partial charge in [0.2, 0.25) is 0 Å². The number of aliphatic carboxylic acids is 1. The SMILES string of the molecule is C=C1C[C@H](O)[C@H](C/C=C\CCCC(=O)O)[C@H]1/C=C/[C@@H](O[Si](c1ccccc1)(c1ccccc1)C(C)(C)C)c1cc2ccccc2s1. The summed E-state index contributed by atoms with van der Waals surface area (Å²) in [7, 11) is -2.88.